The lowest BCUT2D eigenvalue weighted by atomic mass is 10.3. The third kappa shape index (κ3) is 2.43. The van der Waals surface area contributed by atoms with Crippen LogP contribution in [0.2, 0.25) is 0 Å². The maximum atomic E-state index is 11.9. The molecule has 2 rings (SSSR count). The SMILES string of the molecule is Cc1nc(N(C)C(=O)C2CC2)cnc1/C=C\N. The molecule has 1 saturated carbocycles. The number of amides is 1. The van der Waals surface area contributed by atoms with Gasteiger partial charge in [-0.2, -0.15) is 0 Å². The first-order valence-corrected chi connectivity index (χ1v) is 5.63. The summed E-state index contributed by atoms with van der Waals surface area (Å²) in [5, 5.41) is 0. The number of aromatic nitrogens is 2. The summed E-state index contributed by atoms with van der Waals surface area (Å²) in [7, 11) is 1.74. The van der Waals surface area contributed by atoms with Crippen LogP contribution in [0.3, 0.4) is 0 Å². The van der Waals surface area contributed by atoms with Gasteiger partial charge >= 0.3 is 0 Å². The Morgan fingerprint density at radius 1 is 1.59 bits per heavy atom. The maximum absolute atomic E-state index is 11.9. The highest BCUT2D eigenvalue weighted by Crippen LogP contribution is 2.31. The lowest BCUT2D eigenvalue weighted by Crippen LogP contribution is -2.28. The molecule has 1 amide bonds. The number of nitrogens with zero attached hydrogens (tertiary/aromatic N) is 3. The van der Waals surface area contributed by atoms with Crippen LogP contribution >= 0.6 is 0 Å². The van der Waals surface area contributed by atoms with Crippen molar-refractivity contribution in [2.75, 3.05) is 11.9 Å². The fraction of sp³-hybridized carbons (Fsp3) is 0.417. The summed E-state index contributed by atoms with van der Waals surface area (Å²) in [6.45, 7) is 1.85. The molecule has 0 spiro atoms. The van der Waals surface area contributed by atoms with Crippen molar-refractivity contribution in [2.24, 2.45) is 11.7 Å². The van der Waals surface area contributed by atoms with Crippen LogP contribution in [0, 0.1) is 12.8 Å². The number of hydrogen-bond acceptors (Lipinski definition) is 4. The molecule has 0 atom stereocenters. The Kier molecular flexibility index (Phi) is 3.08. The number of aryl methyl sites for hydroxylation is 1. The number of anilines is 1. The monoisotopic (exact) mass is 232 g/mol. The zero-order chi connectivity index (χ0) is 12.4. The molecule has 0 radical (unpaired) electrons. The van der Waals surface area contributed by atoms with Gasteiger partial charge in [0.15, 0.2) is 5.82 Å². The van der Waals surface area contributed by atoms with Crippen molar-refractivity contribution in [2.45, 2.75) is 19.8 Å². The third-order valence-electron chi connectivity index (χ3n) is 2.83. The molecule has 1 heterocycles. The summed E-state index contributed by atoms with van der Waals surface area (Å²) in [6.07, 6.45) is 6.69. The van der Waals surface area contributed by atoms with Crippen LogP contribution in [0.5, 0.6) is 0 Å². The minimum Gasteiger partial charge on any atom is -0.405 e. The molecule has 0 unspecified atom stereocenters. The van der Waals surface area contributed by atoms with Crippen molar-refractivity contribution in [1.82, 2.24) is 9.97 Å². The predicted molar refractivity (Wildman–Crippen MR) is 66.1 cm³/mol. The Morgan fingerprint density at radius 3 is 2.82 bits per heavy atom. The molecule has 17 heavy (non-hydrogen) atoms. The predicted octanol–water partition coefficient (Wildman–Crippen LogP) is 1.09. The topological polar surface area (TPSA) is 72.1 Å². The maximum Gasteiger partial charge on any atom is 0.231 e. The third-order valence-corrected chi connectivity index (χ3v) is 2.83. The number of carbonyl (C=O) groups is 1. The van der Waals surface area contributed by atoms with Gasteiger partial charge in [0.2, 0.25) is 5.91 Å². The van der Waals surface area contributed by atoms with E-state index in [0.717, 1.165) is 24.2 Å². The molecule has 5 heteroatoms. The molecule has 90 valence electrons. The van der Waals surface area contributed by atoms with Crippen LogP contribution in [0.15, 0.2) is 12.4 Å². The normalized spacial score (nSPS) is 15.2. The van der Waals surface area contributed by atoms with E-state index in [-0.39, 0.29) is 11.8 Å². The minimum absolute atomic E-state index is 0.126. The van der Waals surface area contributed by atoms with Gasteiger partial charge < -0.3 is 5.73 Å². The second-order valence-electron chi connectivity index (χ2n) is 4.23. The molecule has 1 fully saturated rings. The lowest BCUT2D eigenvalue weighted by Gasteiger charge is -2.16. The molecule has 0 aromatic carbocycles. The van der Waals surface area contributed by atoms with E-state index in [1.54, 1.807) is 24.2 Å². The molecule has 5 nitrogen and oxygen atoms in total. The van der Waals surface area contributed by atoms with Crippen LogP contribution in [0.25, 0.3) is 6.08 Å². The Hall–Kier alpha value is -1.91. The van der Waals surface area contributed by atoms with Crippen LogP contribution in [0.4, 0.5) is 5.82 Å². The van der Waals surface area contributed by atoms with Crippen molar-refractivity contribution >= 4 is 17.8 Å². The molecular formula is C12H16N4O. The number of hydrogen-bond donors (Lipinski definition) is 1. The zero-order valence-electron chi connectivity index (χ0n) is 10.1. The van der Waals surface area contributed by atoms with E-state index in [1.165, 1.54) is 6.20 Å². The fourth-order valence-electron chi connectivity index (χ4n) is 1.61. The first-order valence-electron chi connectivity index (χ1n) is 5.63. The molecule has 1 aromatic heterocycles. The standard InChI is InChI=1S/C12H16N4O/c1-8-10(5-6-13)14-7-11(15-8)16(2)12(17)9-3-4-9/h5-7,9H,3-4,13H2,1-2H3/b6-5-. The van der Waals surface area contributed by atoms with Crippen LogP contribution in [-0.4, -0.2) is 22.9 Å². The van der Waals surface area contributed by atoms with E-state index in [9.17, 15) is 4.79 Å². The van der Waals surface area contributed by atoms with Crippen molar-refractivity contribution in [1.29, 1.82) is 0 Å². The van der Waals surface area contributed by atoms with E-state index in [0.29, 0.717) is 5.82 Å². The van der Waals surface area contributed by atoms with E-state index in [4.69, 9.17) is 5.73 Å². The first kappa shape index (κ1) is 11.6. The molecule has 2 N–H and O–H groups in total. The van der Waals surface area contributed by atoms with Crippen molar-refractivity contribution in [3.05, 3.63) is 23.8 Å². The van der Waals surface area contributed by atoms with Gasteiger partial charge in [0.05, 0.1) is 17.6 Å². The molecule has 1 aliphatic rings. The summed E-state index contributed by atoms with van der Waals surface area (Å²) in [5.74, 6) is 0.903. The largest absolute Gasteiger partial charge is 0.405 e. The highest BCUT2D eigenvalue weighted by atomic mass is 16.2. The average molecular weight is 232 g/mol. The fourth-order valence-corrected chi connectivity index (χ4v) is 1.61. The Morgan fingerprint density at radius 2 is 2.29 bits per heavy atom. The van der Waals surface area contributed by atoms with Gasteiger partial charge in [0.1, 0.15) is 0 Å². The molecule has 1 aliphatic carbocycles. The van der Waals surface area contributed by atoms with E-state index in [1.807, 2.05) is 6.92 Å². The van der Waals surface area contributed by atoms with Gasteiger partial charge in [0, 0.05) is 13.0 Å². The number of rotatable bonds is 3. The second-order valence-corrected chi connectivity index (χ2v) is 4.23. The summed E-state index contributed by atoms with van der Waals surface area (Å²) in [5.41, 5.74) is 6.80. The number of carbonyl (C=O) groups excluding carboxylic acids is 1. The van der Waals surface area contributed by atoms with Crippen molar-refractivity contribution in [3.8, 4) is 0 Å². The van der Waals surface area contributed by atoms with E-state index < -0.39 is 0 Å². The highest BCUT2D eigenvalue weighted by Gasteiger charge is 2.33. The smallest absolute Gasteiger partial charge is 0.231 e. The van der Waals surface area contributed by atoms with Crippen LogP contribution in [-0.2, 0) is 4.79 Å². The second kappa shape index (κ2) is 4.53. The minimum atomic E-state index is 0.126. The van der Waals surface area contributed by atoms with Crippen LogP contribution < -0.4 is 10.6 Å². The molecule has 0 bridgehead atoms. The van der Waals surface area contributed by atoms with Crippen LogP contribution in [0.1, 0.15) is 24.2 Å². The summed E-state index contributed by atoms with van der Waals surface area (Å²) >= 11 is 0. The summed E-state index contributed by atoms with van der Waals surface area (Å²) < 4.78 is 0. The van der Waals surface area contributed by atoms with Gasteiger partial charge in [0.25, 0.3) is 0 Å². The average Bonchev–Trinajstić information content (AvgIpc) is 3.14. The van der Waals surface area contributed by atoms with Crippen molar-refractivity contribution < 1.29 is 4.79 Å². The van der Waals surface area contributed by atoms with Gasteiger partial charge in [-0.3, -0.25) is 14.7 Å². The number of nitrogens with two attached hydrogens (primary N) is 1. The summed E-state index contributed by atoms with van der Waals surface area (Å²) in [6, 6.07) is 0. The van der Waals surface area contributed by atoms with Gasteiger partial charge in [-0.1, -0.05) is 0 Å². The highest BCUT2D eigenvalue weighted by molar-refractivity contribution is 5.95. The zero-order valence-corrected chi connectivity index (χ0v) is 10.1. The molecule has 1 aromatic rings. The van der Waals surface area contributed by atoms with Gasteiger partial charge in [-0.05, 0) is 32.0 Å². The van der Waals surface area contributed by atoms with Gasteiger partial charge in [-0.25, -0.2) is 4.98 Å². The first-order chi connectivity index (χ1) is 8.13. The summed E-state index contributed by atoms with van der Waals surface area (Å²) in [4.78, 5) is 22.0. The Bertz CT molecular complexity index is 466. The van der Waals surface area contributed by atoms with Gasteiger partial charge in [-0.15, -0.1) is 0 Å². The Balaban J connectivity index is 2.21. The quantitative estimate of drug-likeness (QED) is 0.846. The molecule has 0 saturated heterocycles. The lowest BCUT2D eigenvalue weighted by molar-refractivity contribution is -0.119. The Labute approximate surface area is 100 Å². The van der Waals surface area contributed by atoms with E-state index in [2.05, 4.69) is 9.97 Å². The molecule has 0 aliphatic heterocycles. The molecular weight excluding hydrogens is 216 g/mol. The van der Waals surface area contributed by atoms with E-state index >= 15 is 0 Å². The van der Waals surface area contributed by atoms with Crippen molar-refractivity contribution in [3.63, 3.8) is 0 Å².